The molecule has 3 aromatic rings. The number of nitrogens with one attached hydrogen (secondary N) is 1. The monoisotopic (exact) mass is 357 g/mol. The number of aromatic nitrogens is 4. The van der Waals surface area contributed by atoms with Crippen LogP contribution in [-0.4, -0.2) is 50.6 Å². The zero-order valence-electron chi connectivity index (χ0n) is 13.8. The van der Waals surface area contributed by atoms with Crippen LogP contribution in [0.1, 0.15) is 17.5 Å². The number of amides is 1. The highest BCUT2D eigenvalue weighted by molar-refractivity contribution is 5.68. The van der Waals surface area contributed by atoms with Crippen LogP contribution in [0.25, 0.3) is 11.3 Å². The highest BCUT2D eigenvalue weighted by atomic mass is 19.1. The zero-order valence-corrected chi connectivity index (χ0v) is 13.8. The first-order valence-corrected chi connectivity index (χ1v) is 8.14. The molecule has 0 aliphatic carbocycles. The summed E-state index contributed by atoms with van der Waals surface area (Å²) in [6.45, 7) is 0.892. The summed E-state index contributed by atoms with van der Waals surface area (Å²) >= 11 is 0. The van der Waals surface area contributed by atoms with Gasteiger partial charge in [0.15, 0.2) is 11.3 Å². The molecule has 1 fully saturated rings. The maximum absolute atomic E-state index is 13.6. The van der Waals surface area contributed by atoms with Crippen LogP contribution >= 0.6 is 0 Å². The van der Waals surface area contributed by atoms with Crippen molar-refractivity contribution in [1.82, 2.24) is 24.8 Å². The van der Waals surface area contributed by atoms with Crippen molar-refractivity contribution in [3.63, 3.8) is 0 Å². The van der Waals surface area contributed by atoms with E-state index in [2.05, 4.69) is 19.9 Å². The van der Waals surface area contributed by atoms with E-state index in [1.807, 2.05) is 0 Å². The first-order chi connectivity index (χ1) is 12.7. The molecule has 1 amide bonds. The highest BCUT2D eigenvalue weighted by Gasteiger charge is 2.28. The van der Waals surface area contributed by atoms with Crippen molar-refractivity contribution in [2.45, 2.75) is 12.7 Å². The Morgan fingerprint density at radius 3 is 3.04 bits per heavy atom. The van der Waals surface area contributed by atoms with Gasteiger partial charge in [-0.3, -0.25) is 0 Å². The summed E-state index contributed by atoms with van der Waals surface area (Å²) in [4.78, 5) is 29.5. The summed E-state index contributed by atoms with van der Waals surface area (Å²) in [6.07, 6.45) is 2.18. The highest BCUT2D eigenvalue weighted by Crippen LogP contribution is 2.22. The number of carbonyl (C=O) groups excluding carboxylic acids is 1. The molecule has 2 aromatic heterocycles. The minimum absolute atomic E-state index is 0.119. The number of carbonyl (C=O) groups is 1. The van der Waals surface area contributed by atoms with Crippen molar-refractivity contribution in [3.8, 4) is 0 Å². The molecule has 0 saturated carbocycles. The Morgan fingerprint density at radius 2 is 2.19 bits per heavy atom. The average Bonchev–Trinajstić information content (AvgIpc) is 3.11. The molecule has 0 bridgehead atoms. The zero-order chi connectivity index (χ0) is 17.9. The smallest absolute Gasteiger partial charge is 0.410 e. The maximum Gasteiger partial charge on any atom is 0.410 e. The van der Waals surface area contributed by atoms with Crippen molar-refractivity contribution in [2.75, 3.05) is 19.7 Å². The summed E-state index contributed by atoms with van der Waals surface area (Å²) in [5, 5.41) is 0. The number of benzene rings is 1. The van der Waals surface area contributed by atoms with E-state index in [1.54, 1.807) is 30.6 Å². The topological polar surface area (TPSA) is 93.2 Å². The minimum atomic E-state index is -0.520. The van der Waals surface area contributed by atoms with Gasteiger partial charge in [-0.1, -0.05) is 18.2 Å². The molecule has 1 atom stereocenters. The number of ether oxygens (including phenoxy) is 2. The summed E-state index contributed by atoms with van der Waals surface area (Å²) in [5.41, 5.74) is 1.38. The van der Waals surface area contributed by atoms with E-state index in [0.717, 1.165) is 0 Å². The van der Waals surface area contributed by atoms with Crippen LogP contribution in [0.3, 0.4) is 0 Å². The van der Waals surface area contributed by atoms with Crippen LogP contribution in [0, 0.1) is 5.82 Å². The fraction of sp³-hybridized carbons (Fsp3) is 0.294. The Morgan fingerprint density at radius 1 is 1.35 bits per heavy atom. The fourth-order valence-corrected chi connectivity index (χ4v) is 2.74. The van der Waals surface area contributed by atoms with E-state index in [1.165, 1.54) is 11.0 Å². The number of H-pyrrole nitrogens is 1. The van der Waals surface area contributed by atoms with Gasteiger partial charge in [-0.05, 0) is 6.07 Å². The second-order valence-corrected chi connectivity index (χ2v) is 5.80. The normalized spacial score (nSPS) is 17.4. The quantitative estimate of drug-likeness (QED) is 0.772. The molecule has 3 heterocycles. The Balaban J connectivity index is 1.41. The Bertz CT molecular complexity index is 898. The number of halogens is 1. The van der Waals surface area contributed by atoms with E-state index in [4.69, 9.17) is 9.47 Å². The summed E-state index contributed by atoms with van der Waals surface area (Å²) < 4.78 is 24.5. The van der Waals surface area contributed by atoms with E-state index in [-0.39, 0.29) is 13.2 Å². The van der Waals surface area contributed by atoms with Crippen LogP contribution in [0.2, 0.25) is 0 Å². The maximum atomic E-state index is 13.6. The molecule has 0 radical (unpaired) electrons. The van der Waals surface area contributed by atoms with Crippen LogP contribution in [0.5, 0.6) is 0 Å². The van der Waals surface area contributed by atoms with Gasteiger partial charge in [-0.2, -0.15) is 0 Å². The van der Waals surface area contributed by atoms with Gasteiger partial charge in [-0.25, -0.2) is 24.1 Å². The molecular formula is C17H16FN5O3. The van der Waals surface area contributed by atoms with Gasteiger partial charge >= 0.3 is 6.09 Å². The number of imidazole rings is 1. The number of fused-ring (bicyclic) bond motifs is 1. The van der Waals surface area contributed by atoms with Gasteiger partial charge in [0.1, 0.15) is 24.4 Å². The molecule has 9 heteroatoms. The van der Waals surface area contributed by atoms with Gasteiger partial charge in [0.2, 0.25) is 0 Å². The molecule has 0 spiro atoms. The molecule has 8 nitrogen and oxygen atoms in total. The van der Waals surface area contributed by atoms with Gasteiger partial charge in [0.05, 0.1) is 13.2 Å². The number of morpholine rings is 1. The fourth-order valence-electron chi connectivity index (χ4n) is 2.74. The molecule has 0 unspecified atom stereocenters. The molecular weight excluding hydrogens is 341 g/mol. The number of rotatable bonds is 3. The Labute approximate surface area is 148 Å². The van der Waals surface area contributed by atoms with Gasteiger partial charge in [0, 0.05) is 24.5 Å². The summed E-state index contributed by atoms with van der Waals surface area (Å²) in [5.74, 6) is 0.153. The standard InChI is InChI=1S/C17H16FN5O3/c18-12-4-2-1-3-11(12)10-26-17(24)23-7-8-25-13(9-23)14-21-15-16(22-14)20-6-5-19-15/h1-6,13H,7-10H2,(H,19,20,21,22)/t13-/m0/s1. The van der Waals surface area contributed by atoms with Crippen molar-refractivity contribution in [3.05, 3.63) is 53.9 Å². The third kappa shape index (κ3) is 3.33. The average molecular weight is 357 g/mol. The largest absolute Gasteiger partial charge is 0.444 e. The molecule has 1 aromatic carbocycles. The van der Waals surface area contributed by atoms with Crippen LogP contribution in [-0.2, 0) is 16.1 Å². The second kappa shape index (κ2) is 7.04. The van der Waals surface area contributed by atoms with E-state index in [0.29, 0.717) is 35.8 Å². The van der Waals surface area contributed by atoms with Crippen molar-refractivity contribution < 1.29 is 18.7 Å². The first kappa shape index (κ1) is 16.4. The van der Waals surface area contributed by atoms with Crippen molar-refractivity contribution in [2.24, 2.45) is 0 Å². The molecule has 1 aliphatic heterocycles. The molecule has 26 heavy (non-hydrogen) atoms. The molecule has 1 N–H and O–H groups in total. The lowest BCUT2D eigenvalue weighted by molar-refractivity contribution is -0.0331. The Hall–Kier alpha value is -3.07. The lowest BCUT2D eigenvalue weighted by Crippen LogP contribution is -2.42. The van der Waals surface area contributed by atoms with E-state index < -0.39 is 18.0 Å². The summed E-state index contributed by atoms with van der Waals surface area (Å²) in [6, 6.07) is 6.20. The molecule has 4 rings (SSSR count). The number of nitrogens with zero attached hydrogens (tertiary/aromatic N) is 4. The van der Waals surface area contributed by atoms with Gasteiger partial charge < -0.3 is 19.4 Å². The first-order valence-electron chi connectivity index (χ1n) is 8.14. The predicted molar refractivity (Wildman–Crippen MR) is 88.5 cm³/mol. The second-order valence-electron chi connectivity index (χ2n) is 5.80. The van der Waals surface area contributed by atoms with Crippen LogP contribution < -0.4 is 0 Å². The minimum Gasteiger partial charge on any atom is -0.444 e. The van der Waals surface area contributed by atoms with Crippen molar-refractivity contribution in [1.29, 1.82) is 0 Å². The lowest BCUT2D eigenvalue weighted by Gasteiger charge is -2.31. The van der Waals surface area contributed by atoms with Gasteiger partial charge in [0.25, 0.3) is 0 Å². The Kier molecular flexibility index (Phi) is 4.44. The predicted octanol–water partition coefficient (Wildman–Crippen LogP) is 2.20. The third-order valence-corrected chi connectivity index (χ3v) is 4.09. The number of hydrogen-bond donors (Lipinski definition) is 1. The molecule has 1 saturated heterocycles. The van der Waals surface area contributed by atoms with E-state index >= 15 is 0 Å². The summed E-state index contributed by atoms with van der Waals surface area (Å²) in [7, 11) is 0. The number of aromatic amines is 1. The molecule has 1 aliphatic rings. The SMILES string of the molecule is O=C(OCc1ccccc1F)N1CCO[C@H](c2nc3nccnc3[nH]2)C1. The molecule has 134 valence electrons. The third-order valence-electron chi connectivity index (χ3n) is 4.09. The van der Waals surface area contributed by atoms with Crippen LogP contribution in [0.4, 0.5) is 9.18 Å². The van der Waals surface area contributed by atoms with E-state index in [9.17, 15) is 9.18 Å². The lowest BCUT2D eigenvalue weighted by atomic mass is 10.2. The van der Waals surface area contributed by atoms with Crippen LogP contribution in [0.15, 0.2) is 36.7 Å². The van der Waals surface area contributed by atoms with Crippen molar-refractivity contribution >= 4 is 17.4 Å². The number of hydrogen-bond acceptors (Lipinski definition) is 6. The van der Waals surface area contributed by atoms with Gasteiger partial charge in [-0.15, -0.1) is 0 Å².